The van der Waals surface area contributed by atoms with E-state index in [9.17, 15) is 8.78 Å². The molecular weight excluding hydrogens is 194 g/mol. The molecule has 0 amide bonds. The second-order valence-corrected chi connectivity index (χ2v) is 2.74. The lowest BCUT2D eigenvalue weighted by molar-refractivity contribution is 0.199. The molecule has 0 radical (unpaired) electrons. The van der Waals surface area contributed by atoms with Crippen molar-refractivity contribution >= 4 is 10.9 Å². The molecule has 0 aliphatic rings. The Labute approximate surface area is 77.0 Å². The van der Waals surface area contributed by atoms with Crippen LogP contribution in [0, 0.1) is 11.6 Å². The maximum atomic E-state index is 13.3. The third-order valence-corrected chi connectivity index (χ3v) is 1.93. The van der Waals surface area contributed by atoms with Gasteiger partial charge in [0.15, 0.2) is 11.6 Å². The number of benzene rings is 1. The van der Waals surface area contributed by atoms with Crippen molar-refractivity contribution in [3.63, 3.8) is 0 Å². The fourth-order valence-corrected chi connectivity index (χ4v) is 1.28. The summed E-state index contributed by atoms with van der Waals surface area (Å²) in [7, 11) is 0. The molecule has 1 aromatic heterocycles. The van der Waals surface area contributed by atoms with E-state index in [0.29, 0.717) is 6.07 Å². The first-order valence-corrected chi connectivity index (χ1v) is 3.78. The molecule has 2 N–H and O–H groups in total. The van der Waals surface area contributed by atoms with Crippen molar-refractivity contribution < 1.29 is 19.0 Å². The van der Waals surface area contributed by atoms with Crippen molar-refractivity contribution in [2.45, 2.75) is 6.73 Å². The maximum Gasteiger partial charge on any atom is 0.190 e. The molecular formula is C8H6F2N2O2. The van der Waals surface area contributed by atoms with Crippen LogP contribution in [-0.4, -0.2) is 20.0 Å². The predicted octanol–water partition coefficient (Wildman–Crippen LogP) is 0.970. The third-order valence-electron chi connectivity index (χ3n) is 1.93. The van der Waals surface area contributed by atoms with Crippen molar-refractivity contribution in [1.29, 1.82) is 0 Å². The Balaban J connectivity index is 2.92. The van der Waals surface area contributed by atoms with Crippen LogP contribution < -0.4 is 0 Å². The van der Waals surface area contributed by atoms with Crippen molar-refractivity contribution in [2.24, 2.45) is 0 Å². The molecule has 4 nitrogen and oxygen atoms in total. The molecule has 74 valence electrons. The first-order chi connectivity index (χ1) is 6.65. The molecule has 2 aromatic rings. The summed E-state index contributed by atoms with van der Waals surface area (Å²) in [6.45, 7) is -0.580. The molecule has 0 fully saturated rings. The van der Waals surface area contributed by atoms with Gasteiger partial charge in [-0.05, 0) is 0 Å². The fourth-order valence-electron chi connectivity index (χ4n) is 1.28. The lowest BCUT2D eigenvalue weighted by atomic mass is 10.2. The van der Waals surface area contributed by atoms with E-state index in [0.717, 1.165) is 10.9 Å². The van der Waals surface area contributed by atoms with Crippen LogP contribution in [0.2, 0.25) is 0 Å². The van der Waals surface area contributed by atoms with Crippen molar-refractivity contribution in [3.05, 3.63) is 23.9 Å². The lowest BCUT2D eigenvalue weighted by Gasteiger charge is -2.01. The van der Waals surface area contributed by atoms with Gasteiger partial charge < -0.3 is 10.2 Å². The third kappa shape index (κ3) is 1.04. The normalized spacial score (nSPS) is 11.1. The van der Waals surface area contributed by atoms with Gasteiger partial charge >= 0.3 is 0 Å². The highest BCUT2D eigenvalue weighted by atomic mass is 19.1. The van der Waals surface area contributed by atoms with Gasteiger partial charge in [0.1, 0.15) is 18.1 Å². The molecule has 0 aliphatic carbocycles. The molecule has 0 saturated heterocycles. The molecule has 0 atom stereocenters. The highest BCUT2D eigenvalue weighted by molar-refractivity contribution is 5.81. The average molecular weight is 200 g/mol. The molecule has 14 heavy (non-hydrogen) atoms. The van der Waals surface area contributed by atoms with Crippen LogP contribution in [0.15, 0.2) is 12.3 Å². The lowest BCUT2D eigenvalue weighted by Crippen LogP contribution is -2.00. The van der Waals surface area contributed by atoms with E-state index in [2.05, 4.69) is 5.10 Å². The number of hydrogen-bond acceptors (Lipinski definition) is 3. The van der Waals surface area contributed by atoms with Gasteiger partial charge in [-0.2, -0.15) is 5.10 Å². The summed E-state index contributed by atoms with van der Waals surface area (Å²) in [5.41, 5.74) is -0.245. The fraction of sp³-hybridized carbons (Fsp3) is 0.125. The van der Waals surface area contributed by atoms with Crippen LogP contribution >= 0.6 is 0 Å². The number of nitrogens with zero attached hydrogens (tertiary/aromatic N) is 2. The standard InChI is InChI=1S/C8H6F2N2O2/c9-5-1-6(14)7(10)8-4(5)2-11-12(8)3-13/h1-2,13-14H,3H2. The van der Waals surface area contributed by atoms with E-state index in [1.54, 1.807) is 0 Å². The van der Waals surface area contributed by atoms with Crippen LogP contribution in [0.3, 0.4) is 0 Å². The van der Waals surface area contributed by atoms with Gasteiger partial charge in [-0.25, -0.2) is 13.5 Å². The first-order valence-electron chi connectivity index (χ1n) is 3.78. The summed E-state index contributed by atoms with van der Waals surface area (Å²) < 4.78 is 27.2. The summed E-state index contributed by atoms with van der Waals surface area (Å²) in [6.07, 6.45) is 1.09. The molecule has 0 bridgehead atoms. The molecule has 6 heteroatoms. The zero-order valence-corrected chi connectivity index (χ0v) is 6.91. The number of aromatic nitrogens is 2. The summed E-state index contributed by atoms with van der Waals surface area (Å²) in [6, 6.07) is 0.668. The summed E-state index contributed by atoms with van der Waals surface area (Å²) in [4.78, 5) is 0. The molecule has 0 spiro atoms. The molecule has 0 unspecified atom stereocenters. The largest absolute Gasteiger partial charge is 0.505 e. The number of aliphatic hydroxyl groups is 1. The smallest absolute Gasteiger partial charge is 0.190 e. The van der Waals surface area contributed by atoms with E-state index < -0.39 is 24.1 Å². The Morgan fingerprint density at radius 2 is 2.14 bits per heavy atom. The van der Waals surface area contributed by atoms with Gasteiger partial charge in [0.05, 0.1) is 11.6 Å². The molecule has 1 heterocycles. The minimum atomic E-state index is -0.993. The van der Waals surface area contributed by atoms with E-state index >= 15 is 0 Å². The Hall–Kier alpha value is -1.69. The Bertz CT molecular complexity index is 496. The number of fused-ring (bicyclic) bond motifs is 1. The van der Waals surface area contributed by atoms with Crippen molar-refractivity contribution in [2.75, 3.05) is 0 Å². The number of aromatic hydroxyl groups is 1. The van der Waals surface area contributed by atoms with Gasteiger partial charge in [0, 0.05) is 6.07 Å². The Morgan fingerprint density at radius 1 is 1.43 bits per heavy atom. The SMILES string of the molecule is OCn1ncc2c(F)cc(O)c(F)c21. The molecule has 0 saturated carbocycles. The van der Waals surface area contributed by atoms with Gasteiger partial charge in [0.2, 0.25) is 0 Å². The quantitative estimate of drug-likeness (QED) is 0.721. The van der Waals surface area contributed by atoms with E-state index in [4.69, 9.17) is 10.2 Å². The van der Waals surface area contributed by atoms with Crippen LogP contribution in [0.25, 0.3) is 10.9 Å². The van der Waals surface area contributed by atoms with Crippen LogP contribution in [0.4, 0.5) is 8.78 Å². The second kappa shape index (κ2) is 2.91. The highest BCUT2D eigenvalue weighted by Crippen LogP contribution is 2.27. The number of rotatable bonds is 1. The first kappa shape index (κ1) is 8.89. The van der Waals surface area contributed by atoms with Gasteiger partial charge in [-0.15, -0.1) is 0 Å². The second-order valence-electron chi connectivity index (χ2n) is 2.74. The monoisotopic (exact) mass is 200 g/mol. The van der Waals surface area contributed by atoms with Crippen LogP contribution in [0.1, 0.15) is 0 Å². The van der Waals surface area contributed by atoms with Crippen molar-refractivity contribution in [1.82, 2.24) is 9.78 Å². The zero-order valence-electron chi connectivity index (χ0n) is 6.91. The van der Waals surface area contributed by atoms with Crippen molar-refractivity contribution in [3.8, 4) is 5.75 Å². The number of phenols is 1. The number of hydrogen-bond donors (Lipinski definition) is 2. The Morgan fingerprint density at radius 3 is 2.79 bits per heavy atom. The van der Waals surface area contributed by atoms with Crippen LogP contribution in [-0.2, 0) is 6.73 Å². The van der Waals surface area contributed by atoms with Gasteiger partial charge in [-0.3, -0.25) is 0 Å². The minimum absolute atomic E-state index is 0.0747. The summed E-state index contributed by atoms with van der Waals surface area (Å²) in [5.74, 6) is -2.57. The maximum absolute atomic E-state index is 13.3. The van der Waals surface area contributed by atoms with Gasteiger partial charge in [-0.1, -0.05) is 0 Å². The number of phenolic OH excluding ortho intramolecular Hbond substituents is 1. The molecule has 0 aliphatic heterocycles. The summed E-state index contributed by atoms with van der Waals surface area (Å²) in [5, 5.41) is 21.2. The minimum Gasteiger partial charge on any atom is -0.505 e. The zero-order chi connectivity index (χ0) is 10.3. The Kier molecular flexibility index (Phi) is 1.85. The molecule has 1 aromatic carbocycles. The molecule has 2 rings (SSSR count). The number of aliphatic hydroxyl groups excluding tert-OH is 1. The van der Waals surface area contributed by atoms with E-state index in [1.165, 1.54) is 0 Å². The van der Waals surface area contributed by atoms with E-state index in [-0.39, 0.29) is 10.9 Å². The topological polar surface area (TPSA) is 58.3 Å². The van der Waals surface area contributed by atoms with Gasteiger partial charge in [0.25, 0.3) is 0 Å². The average Bonchev–Trinajstić information content (AvgIpc) is 2.58. The number of halogens is 2. The highest BCUT2D eigenvalue weighted by Gasteiger charge is 2.15. The van der Waals surface area contributed by atoms with E-state index in [1.807, 2.05) is 0 Å². The van der Waals surface area contributed by atoms with Crippen LogP contribution in [0.5, 0.6) is 5.75 Å². The summed E-state index contributed by atoms with van der Waals surface area (Å²) >= 11 is 0. The predicted molar refractivity (Wildman–Crippen MR) is 43.5 cm³/mol.